The van der Waals surface area contributed by atoms with Gasteiger partial charge in [0.05, 0.1) is 13.7 Å². The van der Waals surface area contributed by atoms with Gasteiger partial charge in [0.15, 0.2) is 11.0 Å². The molecule has 0 amide bonds. The van der Waals surface area contributed by atoms with E-state index in [1.807, 2.05) is 54.8 Å². The van der Waals surface area contributed by atoms with E-state index in [2.05, 4.69) is 15.0 Å². The van der Waals surface area contributed by atoms with E-state index in [0.29, 0.717) is 23.3 Å². The van der Waals surface area contributed by atoms with Crippen LogP contribution in [0.4, 0.5) is 5.95 Å². The Hall–Kier alpha value is -2.45. The van der Waals surface area contributed by atoms with Crippen LogP contribution in [0.3, 0.4) is 0 Å². The van der Waals surface area contributed by atoms with Crippen LogP contribution < -0.4 is 15.2 Å². The predicted molar refractivity (Wildman–Crippen MR) is 111 cm³/mol. The molecule has 27 heavy (non-hydrogen) atoms. The van der Waals surface area contributed by atoms with Crippen molar-refractivity contribution >= 4 is 29.5 Å². The molecule has 0 atom stereocenters. The predicted octanol–water partition coefficient (Wildman–Crippen LogP) is 4.02. The summed E-state index contributed by atoms with van der Waals surface area (Å²) in [6.07, 6.45) is 2.02. The summed E-state index contributed by atoms with van der Waals surface area (Å²) in [5.74, 6) is 3.09. The first kappa shape index (κ1) is 19.3. The largest absolute Gasteiger partial charge is 0.497 e. The van der Waals surface area contributed by atoms with Gasteiger partial charge in [-0.3, -0.25) is 0 Å². The van der Waals surface area contributed by atoms with E-state index in [1.54, 1.807) is 18.9 Å². The molecule has 0 radical (unpaired) electrons. The Bertz CT molecular complexity index is 891. The fraction of sp³-hybridized carbons (Fsp3) is 0.211. The third kappa shape index (κ3) is 5.27. The number of thioether (sulfide) groups is 2. The summed E-state index contributed by atoms with van der Waals surface area (Å²) in [6, 6.07) is 15.5. The first-order valence-electron chi connectivity index (χ1n) is 8.24. The first-order chi connectivity index (χ1) is 13.2. The number of hydrogen-bond acceptors (Lipinski definition) is 8. The Kier molecular flexibility index (Phi) is 6.78. The zero-order valence-corrected chi connectivity index (χ0v) is 16.7. The summed E-state index contributed by atoms with van der Waals surface area (Å²) in [5, 5.41) is 0.590. The summed E-state index contributed by atoms with van der Waals surface area (Å²) in [5.41, 5.74) is 6.84. The molecule has 8 heteroatoms. The van der Waals surface area contributed by atoms with Crippen molar-refractivity contribution in [2.45, 2.75) is 10.1 Å². The number of ether oxygens (including phenoxy) is 2. The number of nitrogens with zero attached hydrogens (tertiary/aromatic N) is 3. The minimum Gasteiger partial charge on any atom is -0.497 e. The number of benzene rings is 2. The molecule has 0 aliphatic rings. The third-order valence-electron chi connectivity index (χ3n) is 3.62. The minimum atomic E-state index is 0.217. The standard InChI is InChI=1S/C19H20N4O2S2/c1-24-13-7-9-14(10-8-13)25-11-12-27-19-22-17(21-18(20)23-19)15-5-3-4-6-16(15)26-2/h3-10H,11-12H2,1-2H3,(H2,20,21,22,23). The van der Waals surface area contributed by atoms with Gasteiger partial charge in [-0.15, -0.1) is 11.8 Å². The topological polar surface area (TPSA) is 83.2 Å². The first-order valence-corrected chi connectivity index (χ1v) is 10.4. The van der Waals surface area contributed by atoms with Crippen LogP contribution >= 0.6 is 23.5 Å². The molecule has 3 aromatic rings. The third-order valence-corrected chi connectivity index (χ3v) is 5.23. The van der Waals surface area contributed by atoms with Crippen LogP contribution in [0, 0.1) is 0 Å². The van der Waals surface area contributed by atoms with Gasteiger partial charge in [0, 0.05) is 16.2 Å². The highest BCUT2D eigenvalue weighted by atomic mass is 32.2. The van der Waals surface area contributed by atoms with Gasteiger partial charge in [-0.25, -0.2) is 4.98 Å². The maximum absolute atomic E-state index is 5.89. The average Bonchev–Trinajstić information content (AvgIpc) is 2.71. The number of aromatic nitrogens is 3. The van der Waals surface area contributed by atoms with E-state index in [9.17, 15) is 0 Å². The Morgan fingerprint density at radius 2 is 1.70 bits per heavy atom. The molecule has 0 fully saturated rings. The molecule has 0 bridgehead atoms. The monoisotopic (exact) mass is 400 g/mol. The maximum Gasteiger partial charge on any atom is 0.224 e. The van der Waals surface area contributed by atoms with Gasteiger partial charge in [-0.05, 0) is 36.6 Å². The summed E-state index contributed by atoms with van der Waals surface area (Å²) < 4.78 is 10.9. The van der Waals surface area contributed by atoms with E-state index in [-0.39, 0.29) is 5.95 Å². The van der Waals surface area contributed by atoms with Crippen LogP contribution in [-0.2, 0) is 0 Å². The fourth-order valence-electron chi connectivity index (χ4n) is 2.35. The molecule has 140 valence electrons. The number of nitrogens with two attached hydrogens (primary N) is 1. The highest BCUT2D eigenvalue weighted by Crippen LogP contribution is 2.29. The number of anilines is 1. The number of hydrogen-bond donors (Lipinski definition) is 1. The average molecular weight is 401 g/mol. The van der Waals surface area contributed by atoms with Crippen LogP contribution in [-0.4, -0.2) is 40.7 Å². The molecule has 1 aromatic heterocycles. The van der Waals surface area contributed by atoms with Gasteiger partial charge in [-0.1, -0.05) is 30.0 Å². The van der Waals surface area contributed by atoms with Gasteiger partial charge < -0.3 is 15.2 Å². The van der Waals surface area contributed by atoms with Crippen molar-refractivity contribution < 1.29 is 9.47 Å². The molecule has 0 unspecified atom stereocenters. The van der Waals surface area contributed by atoms with Crippen molar-refractivity contribution in [3.8, 4) is 22.9 Å². The molecular weight excluding hydrogens is 380 g/mol. The van der Waals surface area contributed by atoms with E-state index >= 15 is 0 Å². The normalized spacial score (nSPS) is 10.6. The second-order valence-corrected chi connectivity index (χ2v) is 7.28. The molecular formula is C19H20N4O2S2. The quantitative estimate of drug-likeness (QED) is 0.448. The van der Waals surface area contributed by atoms with Gasteiger partial charge in [0.1, 0.15) is 11.5 Å². The molecule has 0 aliphatic carbocycles. The van der Waals surface area contributed by atoms with Crippen molar-refractivity contribution in [1.29, 1.82) is 0 Å². The fourth-order valence-corrected chi connectivity index (χ4v) is 3.60. The molecule has 0 aliphatic heterocycles. The number of methoxy groups -OCH3 is 1. The SMILES string of the molecule is COc1ccc(OCCSc2nc(N)nc(-c3ccccc3SC)n2)cc1. The highest BCUT2D eigenvalue weighted by molar-refractivity contribution is 7.99. The zero-order valence-electron chi connectivity index (χ0n) is 15.1. The molecule has 3 rings (SSSR count). The minimum absolute atomic E-state index is 0.217. The number of rotatable bonds is 8. The Morgan fingerprint density at radius 1 is 0.963 bits per heavy atom. The molecule has 2 aromatic carbocycles. The van der Waals surface area contributed by atoms with Crippen molar-refractivity contribution in [3.05, 3.63) is 48.5 Å². The lowest BCUT2D eigenvalue weighted by atomic mass is 10.2. The van der Waals surface area contributed by atoms with Crippen molar-refractivity contribution in [3.63, 3.8) is 0 Å². The zero-order chi connectivity index (χ0) is 19.1. The number of nitrogen functional groups attached to an aromatic ring is 1. The van der Waals surface area contributed by atoms with Gasteiger partial charge in [0.2, 0.25) is 5.95 Å². The van der Waals surface area contributed by atoms with Gasteiger partial charge in [0.25, 0.3) is 0 Å². The maximum atomic E-state index is 5.89. The Balaban J connectivity index is 1.62. The van der Waals surface area contributed by atoms with Crippen LogP contribution in [0.5, 0.6) is 11.5 Å². The van der Waals surface area contributed by atoms with Crippen LogP contribution in [0.15, 0.2) is 58.6 Å². The summed E-state index contributed by atoms with van der Waals surface area (Å²) in [6.45, 7) is 0.527. The Morgan fingerprint density at radius 3 is 2.44 bits per heavy atom. The second-order valence-electron chi connectivity index (χ2n) is 5.37. The van der Waals surface area contributed by atoms with Crippen LogP contribution in [0.2, 0.25) is 0 Å². The molecule has 1 heterocycles. The van der Waals surface area contributed by atoms with E-state index in [4.69, 9.17) is 15.2 Å². The van der Waals surface area contributed by atoms with Gasteiger partial charge >= 0.3 is 0 Å². The van der Waals surface area contributed by atoms with Crippen LogP contribution in [0.25, 0.3) is 11.4 Å². The lowest BCUT2D eigenvalue weighted by Crippen LogP contribution is -2.04. The molecule has 6 nitrogen and oxygen atoms in total. The van der Waals surface area contributed by atoms with E-state index < -0.39 is 0 Å². The van der Waals surface area contributed by atoms with Crippen molar-refractivity contribution in [1.82, 2.24) is 15.0 Å². The summed E-state index contributed by atoms with van der Waals surface area (Å²) >= 11 is 3.13. The molecule has 0 spiro atoms. The lowest BCUT2D eigenvalue weighted by molar-refractivity contribution is 0.342. The van der Waals surface area contributed by atoms with Crippen LogP contribution in [0.1, 0.15) is 0 Å². The Labute approximate surface area is 166 Å². The van der Waals surface area contributed by atoms with Crippen molar-refractivity contribution in [2.75, 3.05) is 31.5 Å². The second kappa shape index (κ2) is 9.48. The van der Waals surface area contributed by atoms with Gasteiger partial charge in [-0.2, -0.15) is 9.97 Å². The molecule has 0 saturated carbocycles. The van der Waals surface area contributed by atoms with E-state index in [1.165, 1.54) is 11.8 Å². The van der Waals surface area contributed by atoms with E-state index in [0.717, 1.165) is 22.0 Å². The lowest BCUT2D eigenvalue weighted by Gasteiger charge is -2.09. The molecule has 2 N–H and O–H groups in total. The summed E-state index contributed by atoms with van der Waals surface area (Å²) in [7, 11) is 1.64. The molecule has 0 saturated heterocycles. The van der Waals surface area contributed by atoms with Crippen molar-refractivity contribution in [2.24, 2.45) is 0 Å². The highest BCUT2D eigenvalue weighted by Gasteiger charge is 2.11. The smallest absolute Gasteiger partial charge is 0.224 e. The summed E-state index contributed by atoms with van der Waals surface area (Å²) in [4.78, 5) is 14.2.